The van der Waals surface area contributed by atoms with Crippen LogP contribution in [0.15, 0.2) is 24.3 Å². The largest absolute Gasteiger partial charge is 0.465 e. The van der Waals surface area contributed by atoms with Crippen molar-refractivity contribution < 1.29 is 13.7 Å². The second-order valence-electron chi connectivity index (χ2n) is 3.40. The van der Waals surface area contributed by atoms with Gasteiger partial charge in [0.05, 0.1) is 12.3 Å². The molecular weight excluding hydrogens is 240 g/mol. The highest BCUT2D eigenvalue weighted by Gasteiger charge is 2.17. The number of nitrogens with two attached hydrogens (primary N) is 1. The van der Waals surface area contributed by atoms with Crippen molar-refractivity contribution >= 4 is 22.8 Å². The number of hydrogen-bond donors (Lipinski definition) is 1. The van der Waals surface area contributed by atoms with E-state index >= 15 is 0 Å². The number of hydrogen-bond acceptors (Lipinski definition) is 3. The molecule has 17 heavy (non-hydrogen) atoms. The number of nitrogens with zero attached hydrogens (tertiary/aromatic N) is 1. The molecule has 6 heteroatoms. The molecule has 0 saturated carbocycles. The minimum absolute atomic E-state index is 0.123. The molecule has 0 aliphatic heterocycles. The van der Waals surface area contributed by atoms with Gasteiger partial charge in [0, 0.05) is 0 Å². The van der Waals surface area contributed by atoms with Crippen LogP contribution >= 0.6 is 0 Å². The first kappa shape index (κ1) is 13.7. The molecule has 0 amide bonds. The third kappa shape index (κ3) is 3.83. The lowest BCUT2D eigenvalue weighted by Gasteiger charge is -2.21. The molecule has 1 atom stereocenters. The molecular formula is C11H16N2O3S. The van der Waals surface area contributed by atoms with Gasteiger partial charge >= 0.3 is 5.97 Å². The van der Waals surface area contributed by atoms with Crippen LogP contribution in [0.5, 0.6) is 0 Å². The van der Waals surface area contributed by atoms with Gasteiger partial charge in [-0.25, -0.2) is 9.35 Å². The van der Waals surface area contributed by atoms with Gasteiger partial charge in [-0.15, -0.1) is 0 Å². The summed E-state index contributed by atoms with van der Waals surface area (Å²) in [6.45, 7) is 3.75. The Morgan fingerprint density at radius 3 is 2.65 bits per heavy atom. The Balaban J connectivity index is 2.91. The van der Waals surface area contributed by atoms with E-state index in [4.69, 9.17) is 9.88 Å². The van der Waals surface area contributed by atoms with Gasteiger partial charge in [0.2, 0.25) is 0 Å². The van der Waals surface area contributed by atoms with Crippen molar-refractivity contribution in [3.63, 3.8) is 0 Å². The lowest BCUT2D eigenvalue weighted by Crippen LogP contribution is -2.36. The van der Waals surface area contributed by atoms with Crippen LogP contribution in [-0.4, -0.2) is 23.3 Å². The van der Waals surface area contributed by atoms with E-state index in [0.29, 0.717) is 5.69 Å². The van der Waals surface area contributed by atoms with Crippen LogP contribution in [0.2, 0.25) is 0 Å². The van der Waals surface area contributed by atoms with Gasteiger partial charge in [-0.3, -0.25) is 9.10 Å². The van der Waals surface area contributed by atoms with Crippen LogP contribution in [0.1, 0.15) is 12.5 Å². The zero-order valence-electron chi connectivity index (χ0n) is 9.88. The summed E-state index contributed by atoms with van der Waals surface area (Å²) in [7, 11) is 0. The maximum Gasteiger partial charge on any atom is 0.326 e. The van der Waals surface area contributed by atoms with E-state index in [2.05, 4.69) is 0 Å². The molecule has 1 aromatic rings. The first-order valence-corrected chi connectivity index (χ1v) is 6.38. The van der Waals surface area contributed by atoms with Gasteiger partial charge in [-0.2, -0.15) is 0 Å². The molecule has 0 aliphatic carbocycles. The van der Waals surface area contributed by atoms with Crippen LogP contribution in [0.3, 0.4) is 0 Å². The van der Waals surface area contributed by atoms with Crippen molar-refractivity contribution in [1.29, 1.82) is 0 Å². The van der Waals surface area contributed by atoms with Crippen LogP contribution in [0.25, 0.3) is 0 Å². The smallest absolute Gasteiger partial charge is 0.326 e. The molecule has 0 fully saturated rings. The third-order valence-electron chi connectivity index (χ3n) is 2.18. The van der Waals surface area contributed by atoms with Crippen molar-refractivity contribution in [2.45, 2.75) is 13.8 Å². The zero-order valence-corrected chi connectivity index (χ0v) is 10.7. The molecule has 2 N–H and O–H groups in total. The molecule has 5 nitrogen and oxygen atoms in total. The molecule has 0 heterocycles. The Morgan fingerprint density at radius 2 is 2.12 bits per heavy atom. The van der Waals surface area contributed by atoms with Gasteiger partial charge < -0.3 is 4.74 Å². The molecule has 0 bridgehead atoms. The average molecular weight is 256 g/mol. The standard InChI is InChI=1S/C11H16N2O3S/c1-3-16-11(14)8-13(17(12)15)10-7-5-4-6-9(10)2/h4-7H,3,8,12H2,1-2H3. The summed E-state index contributed by atoms with van der Waals surface area (Å²) in [5, 5.41) is 5.37. The molecule has 0 aromatic heterocycles. The maximum absolute atomic E-state index is 11.4. The minimum Gasteiger partial charge on any atom is -0.465 e. The van der Waals surface area contributed by atoms with Crippen molar-refractivity contribution in [3.8, 4) is 0 Å². The Labute approximate surface area is 103 Å². The highest BCUT2D eigenvalue weighted by molar-refractivity contribution is 7.84. The Hall–Kier alpha value is -1.40. The monoisotopic (exact) mass is 256 g/mol. The number of para-hydroxylation sites is 1. The first-order valence-electron chi connectivity index (χ1n) is 5.21. The number of carbonyl (C=O) groups excluding carboxylic acids is 1. The van der Waals surface area contributed by atoms with Crippen molar-refractivity contribution in [2.24, 2.45) is 5.14 Å². The number of esters is 1. The summed E-state index contributed by atoms with van der Waals surface area (Å²) >= 11 is -1.76. The van der Waals surface area contributed by atoms with E-state index in [1.54, 1.807) is 19.1 Å². The molecule has 1 unspecified atom stereocenters. The van der Waals surface area contributed by atoms with Gasteiger partial charge in [0.25, 0.3) is 0 Å². The van der Waals surface area contributed by atoms with Crippen LogP contribution in [0, 0.1) is 6.92 Å². The van der Waals surface area contributed by atoms with Crippen LogP contribution in [-0.2, 0) is 20.7 Å². The first-order chi connectivity index (χ1) is 8.06. The summed E-state index contributed by atoms with van der Waals surface area (Å²) in [5.74, 6) is -0.449. The third-order valence-corrected chi connectivity index (χ3v) is 2.94. The fourth-order valence-corrected chi connectivity index (χ4v) is 2.04. The molecule has 0 radical (unpaired) electrons. The maximum atomic E-state index is 11.4. The Morgan fingerprint density at radius 1 is 1.47 bits per heavy atom. The summed E-state index contributed by atoms with van der Waals surface area (Å²) in [6, 6.07) is 7.29. The highest BCUT2D eigenvalue weighted by atomic mass is 32.2. The quantitative estimate of drug-likeness (QED) is 0.796. The summed E-state index contributed by atoms with van der Waals surface area (Å²) in [6.07, 6.45) is 0. The lowest BCUT2D eigenvalue weighted by molar-refractivity contribution is -0.141. The van der Waals surface area contributed by atoms with Crippen molar-refractivity contribution in [3.05, 3.63) is 29.8 Å². The van der Waals surface area contributed by atoms with E-state index < -0.39 is 17.1 Å². The average Bonchev–Trinajstić information content (AvgIpc) is 2.27. The summed E-state index contributed by atoms with van der Waals surface area (Å²) in [5.41, 5.74) is 1.57. The number of anilines is 1. The van der Waals surface area contributed by atoms with E-state index in [0.717, 1.165) is 5.56 Å². The molecule has 1 rings (SSSR count). The molecule has 0 saturated heterocycles. The van der Waals surface area contributed by atoms with Gasteiger partial charge in [0.15, 0.2) is 11.2 Å². The van der Waals surface area contributed by atoms with Crippen LogP contribution in [0.4, 0.5) is 5.69 Å². The van der Waals surface area contributed by atoms with Crippen molar-refractivity contribution in [2.75, 3.05) is 17.5 Å². The highest BCUT2D eigenvalue weighted by Crippen LogP contribution is 2.19. The SMILES string of the molecule is CCOC(=O)CN(c1ccccc1C)S(N)=O. The van der Waals surface area contributed by atoms with Crippen LogP contribution < -0.4 is 9.44 Å². The predicted molar refractivity (Wildman–Crippen MR) is 67.5 cm³/mol. The van der Waals surface area contributed by atoms with Gasteiger partial charge in [-0.05, 0) is 25.5 Å². The fourth-order valence-electron chi connectivity index (χ4n) is 1.41. The summed E-state index contributed by atoms with van der Waals surface area (Å²) in [4.78, 5) is 11.4. The van der Waals surface area contributed by atoms with Gasteiger partial charge in [0.1, 0.15) is 6.54 Å². The number of benzene rings is 1. The summed E-state index contributed by atoms with van der Waals surface area (Å²) < 4.78 is 17.6. The molecule has 94 valence electrons. The molecule has 1 aromatic carbocycles. The van der Waals surface area contributed by atoms with E-state index in [1.807, 2.05) is 19.1 Å². The number of aryl methyl sites for hydroxylation is 1. The molecule has 0 spiro atoms. The number of carbonyl (C=O) groups is 1. The van der Waals surface area contributed by atoms with E-state index in [-0.39, 0.29) is 13.2 Å². The Kier molecular flexibility index (Phi) is 5.11. The second kappa shape index (κ2) is 6.36. The topological polar surface area (TPSA) is 72.6 Å². The number of ether oxygens (including phenoxy) is 1. The van der Waals surface area contributed by atoms with E-state index in [9.17, 15) is 9.00 Å². The Bertz CT molecular complexity index is 423. The van der Waals surface area contributed by atoms with E-state index in [1.165, 1.54) is 4.31 Å². The predicted octanol–water partition coefficient (Wildman–Crippen LogP) is 0.902. The van der Waals surface area contributed by atoms with Gasteiger partial charge in [-0.1, -0.05) is 18.2 Å². The van der Waals surface area contributed by atoms with Crippen molar-refractivity contribution in [1.82, 2.24) is 0 Å². The normalized spacial score (nSPS) is 11.9. The molecule has 0 aliphatic rings. The second-order valence-corrected chi connectivity index (χ2v) is 4.40. The fraction of sp³-hybridized carbons (Fsp3) is 0.364. The minimum atomic E-state index is -1.76. The zero-order chi connectivity index (χ0) is 12.8. The number of rotatable bonds is 5. The lowest BCUT2D eigenvalue weighted by atomic mass is 10.2.